The lowest BCUT2D eigenvalue weighted by Crippen LogP contribution is -2.34. The van der Waals surface area contributed by atoms with Crippen LogP contribution in [0.15, 0.2) is 24.4 Å². The van der Waals surface area contributed by atoms with E-state index >= 15 is 0 Å². The van der Waals surface area contributed by atoms with E-state index < -0.39 is 22.0 Å². The zero-order valence-electron chi connectivity index (χ0n) is 17.9. The molecule has 1 aromatic carbocycles. The van der Waals surface area contributed by atoms with Crippen LogP contribution in [0.5, 0.6) is 0 Å². The number of hydrogen-bond acceptors (Lipinski definition) is 5. The SMILES string of the molecule is CN(C)CCc1c[nH]c2ccc(CCS(=O)(=O)NC3CCCC3)cc12.O=C(O)C(=O)O. The van der Waals surface area contributed by atoms with Crippen LogP contribution in [0.4, 0.5) is 0 Å². The summed E-state index contributed by atoms with van der Waals surface area (Å²) in [5, 5.41) is 16.0. The number of carboxylic acid groups (broad SMARTS) is 2. The molecule has 1 heterocycles. The molecule has 1 saturated carbocycles. The normalized spacial score (nSPS) is 14.5. The third-order valence-electron chi connectivity index (χ3n) is 5.20. The Morgan fingerprint density at radius 3 is 2.35 bits per heavy atom. The Labute approximate surface area is 182 Å². The quantitative estimate of drug-likeness (QED) is 0.447. The molecular formula is C21H31N3O6S. The predicted octanol–water partition coefficient (Wildman–Crippen LogP) is 1.83. The molecule has 10 heteroatoms. The maximum atomic E-state index is 12.3. The van der Waals surface area contributed by atoms with Gasteiger partial charge in [-0.05, 0) is 63.0 Å². The summed E-state index contributed by atoms with van der Waals surface area (Å²) in [6, 6.07) is 6.37. The second-order valence-electron chi connectivity index (χ2n) is 8.03. The fraction of sp³-hybridized carbons (Fsp3) is 0.524. The number of sulfonamides is 1. The molecule has 0 radical (unpaired) electrons. The monoisotopic (exact) mass is 453 g/mol. The number of hydrogen-bond donors (Lipinski definition) is 4. The number of carbonyl (C=O) groups is 2. The number of nitrogens with zero attached hydrogens (tertiary/aromatic N) is 1. The van der Waals surface area contributed by atoms with Crippen LogP contribution < -0.4 is 4.72 Å². The molecule has 0 spiro atoms. The van der Waals surface area contributed by atoms with Crippen molar-refractivity contribution in [3.05, 3.63) is 35.5 Å². The van der Waals surface area contributed by atoms with Gasteiger partial charge in [0.25, 0.3) is 0 Å². The standard InChI is InChI=1S/C19H29N3O2S.C2H2O4/c1-22(2)11-9-16-14-20-19-8-7-15(13-18(16)19)10-12-25(23,24)21-17-5-3-4-6-17;3-1(4)2(5)6/h7-8,13-14,17,20-21H,3-6,9-12H2,1-2H3;(H,3,4)(H,5,6). The minimum Gasteiger partial charge on any atom is -0.473 e. The molecule has 31 heavy (non-hydrogen) atoms. The molecule has 4 N–H and O–H groups in total. The molecule has 0 saturated heterocycles. The van der Waals surface area contributed by atoms with Gasteiger partial charge in [-0.1, -0.05) is 18.9 Å². The van der Waals surface area contributed by atoms with E-state index in [0.717, 1.165) is 49.7 Å². The molecule has 0 atom stereocenters. The molecule has 9 nitrogen and oxygen atoms in total. The van der Waals surface area contributed by atoms with Crippen LogP contribution in [0, 0.1) is 0 Å². The summed E-state index contributed by atoms with van der Waals surface area (Å²) in [5.74, 6) is -3.49. The number of carboxylic acids is 2. The van der Waals surface area contributed by atoms with Crippen LogP contribution in [0.2, 0.25) is 0 Å². The summed E-state index contributed by atoms with van der Waals surface area (Å²) in [7, 11) is 0.945. The molecule has 172 valence electrons. The average molecular weight is 454 g/mol. The van der Waals surface area contributed by atoms with E-state index in [1.54, 1.807) is 0 Å². The lowest BCUT2D eigenvalue weighted by atomic mass is 10.1. The largest absolute Gasteiger partial charge is 0.473 e. The number of nitrogens with one attached hydrogen (secondary N) is 2. The van der Waals surface area contributed by atoms with Crippen molar-refractivity contribution in [2.45, 2.75) is 44.6 Å². The van der Waals surface area contributed by atoms with Gasteiger partial charge in [0.2, 0.25) is 10.0 Å². The van der Waals surface area contributed by atoms with Gasteiger partial charge in [0.1, 0.15) is 0 Å². The molecule has 0 aliphatic heterocycles. The van der Waals surface area contributed by atoms with Crippen LogP contribution in [0.25, 0.3) is 10.9 Å². The summed E-state index contributed by atoms with van der Waals surface area (Å²) in [5.41, 5.74) is 3.48. The molecule has 1 aromatic heterocycles. The van der Waals surface area contributed by atoms with E-state index in [1.807, 2.05) is 6.07 Å². The Morgan fingerprint density at radius 1 is 1.13 bits per heavy atom. The van der Waals surface area contributed by atoms with Crippen molar-refractivity contribution in [2.75, 3.05) is 26.4 Å². The first-order chi connectivity index (χ1) is 14.6. The van der Waals surface area contributed by atoms with Gasteiger partial charge in [-0.25, -0.2) is 22.7 Å². The zero-order valence-corrected chi connectivity index (χ0v) is 18.7. The van der Waals surface area contributed by atoms with Gasteiger partial charge in [0.15, 0.2) is 0 Å². The maximum Gasteiger partial charge on any atom is 0.414 e. The fourth-order valence-electron chi connectivity index (χ4n) is 3.54. The second-order valence-corrected chi connectivity index (χ2v) is 9.90. The van der Waals surface area contributed by atoms with Crippen molar-refractivity contribution in [1.82, 2.24) is 14.6 Å². The topological polar surface area (TPSA) is 140 Å². The highest BCUT2D eigenvalue weighted by molar-refractivity contribution is 7.89. The first-order valence-electron chi connectivity index (χ1n) is 10.3. The average Bonchev–Trinajstić information content (AvgIpc) is 3.34. The summed E-state index contributed by atoms with van der Waals surface area (Å²) in [6.45, 7) is 0.997. The molecular weight excluding hydrogens is 422 g/mol. The van der Waals surface area contributed by atoms with E-state index in [2.05, 4.69) is 47.0 Å². The fourth-order valence-corrected chi connectivity index (χ4v) is 4.91. The number of aliphatic carboxylic acids is 2. The van der Waals surface area contributed by atoms with Crippen molar-refractivity contribution < 1.29 is 28.2 Å². The first-order valence-corrected chi connectivity index (χ1v) is 11.9. The van der Waals surface area contributed by atoms with Crippen LogP contribution in [-0.2, 0) is 32.5 Å². The van der Waals surface area contributed by atoms with Gasteiger partial charge in [0, 0.05) is 29.7 Å². The van der Waals surface area contributed by atoms with Crippen LogP contribution >= 0.6 is 0 Å². The van der Waals surface area contributed by atoms with E-state index in [9.17, 15) is 8.42 Å². The first kappa shape index (κ1) is 24.8. The third-order valence-corrected chi connectivity index (χ3v) is 6.64. The van der Waals surface area contributed by atoms with Crippen molar-refractivity contribution in [2.24, 2.45) is 0 Å². The van der Waals surface area contributed by atoms with Crippen molar-refractivity contribution in [1.29, 1.82) is 0 Å². The van der Waals surface area contributed by atoms with E-state index in [-0.39, 0.29) is 11.8 Å². The number of H-pyrrole nitrogens is 1. The Hall–Kier alpha value is -2.43. The maximum absolute atomic E-state index is 12.3. The van der Waals surface area contributed by atoms with Crippen LogP contribution in [-0.4, -0.2) is 72.9 Å². The smallest absolute Gasteiger partial charge is 0.414 e. The second kappa shape index (κ2) is 11.3. The third kappa shape index (κ3) is 8.31. The Bertz CT molecular complexity index is 982. The van der Waals surface area contributed by atoms with Crippen molar-refractivity contribution >= 4 is 32.9 Å². The highest BCUT2D eigenvalue weighted by atomic mass is 32.2. The van der Waals surface area contributed by atoms with Crippen LogP contribution in [0.1, 0.15) is 36.8 Å². The number of likely N-dealkylation sites (N-methyl/N-ethyl adjacent to an activating group) is 1. The summed E-state index contributed by atoms with van der Waals surface area (Å²) < 4.78 is 27.5. The minimum atomic E-state index is -3.20. The van der Waals surface area contributed by atoms with Gasteiger partial charge in [-0.15, -0.1) is 0 Å². The molecule has 1 fully saturated rings. The Kier molecular flexibility index (Phi) is 9.02. The lowest BCUT2D eigenvalue weighted by Gasteiger charge is -2.12. The van der Waals surface area contributed by atoms with Gasteiger partial charge in [-0.2, -0.15) is 0 Å². The summed E-state index contributed by atoms with van der Waals surface area (Å²) >= 11 is 0. The number of aromatic amines is 1. The number of rotatable bonds is 8. The number of aromatic nitrogens is 1. The van der Waals surface area contributed by atoms with Crippen molar-refractivity contribution in [3.8, 4) is 0 Å². The van der Waals surface area contributed by atoms with Crippen LogP contribution in [0.3, 0.4) is 0 Å². The lowest BCUT2D eigenvalue weighted by molar-refractivity contribution is -0.159. The number of fused-ring (bicyclic) bond motifs is 1. The predicted molar refractivity (Wildman–Crippen MR) is 119 cm³/mol. The van der Waals surface area contributed by atoms with Gasteiger partial charge in [0.05, 0.1) is 5.75 Å². The highest BCUT2D eigenvalue weighted by Crippen LogP contribution is 2.22. The summed E-state index contributed by atoms with van der Waals surface area (Å²) in [4.78, 5) is 23.7. The number of benzene rings is 1. The molecule has 3 rings (SSSR count). The van der Waals surface area contributed by atoms with E-state index in [1.165, 1.54) is 10.9 Å². The molecule has 1 aliphatic rings. The highest BCUT2D eigenvalue weighted by Gasteiger charge is 2.21. The van der Waals surface area contributed by atoms with Gasteiger partial charge >= 0.3 is 11.9 Å². The Balaban J connectivity index is 0.000000501. The van der Waals surface area contributed by atoms with Crippen molar-refractivity contribution in [3.63, 3.8) is 0 Å². The minimum absolute atomic E-state index is 0.148. The van der Waals surface area contributed by atoms with E-state index in [0.29, 0.717) is 6.42 Å². The van der Waals surface area contributed by atoms with E-state index in [4.69, 9.17) is 19.8 Å². The zero-order chi connectivity index (χ0) is 23.0. The molecule has 1 aliphatic carbocycles. The van der Waals surface area contributed by atoms with Gasteiger partial charge in [-0.3, -0.25) is 0 Å². The molecule has 0 bridgehead atoms. The molecule has 2 aromatic rings. The number of aryl methyl sites for hydroxylation is 1. The molecule has 0 unspecified atom stereocenters. The summed E-state index contributed by atoms with van der Waals surface area (Å²) in [6.07, 6.45) is 7.82. The van der Waals surface area contributed by atoms with Gasteiger partial charge < -0.3 is 20.1 Å². The Morgan fingerprint density at radius 2 is 1.77 bits per heavy atom. The molecule has 0 amide bonds.